The number of amides is 2. The second-order valence-corrected chi connectivity index (χ2v) is 11.4. The molecule has 140 valence electrons. The van der Waals surface area contributed by atoms with Crippen LogP contribution in [-0.4, -0.2) is 34.1 Å². The summed E-state index contributed by atoms with van der Waals surface area (Å²) in [7, 11) is 11.7. The van der Waals surface area contributed by atoms with Gasteiger partial charge < -0.3 is 0 Å². The number of halogens is 5. The van der Waals surface area contributed by atoms with Gasteiger partial charge in [-0.1, -0.05) is 0 Å². The molecule has 0 aromatic heterocycles. The van der Waals surface area contributed by atoms with Crippen molar-refractivity contribution in [2.45, 2.75) is 38.5 Å². The van der Waals surface area contributed by atoms with Gasteiger partial charge in [0.05, 0.1) is 0 Å². The third-order valence-corrected chi connectivity index (χ3v) is 5.30. The Kier molecular flexibility index (Phi) is 5.67. The fourth-order valence-electron chi connectivity index (χ4n) is 2.21. The number of carbonyl (C=O) groups excluding carboxylic acids is 2. The molecule has 10 heteroatoms. The molecular formula is C15H14Cl2F3NO3Ru. The average molecular weight is 485 g/mol. The van der Waals surface area contributed by atoms with Gasteiger partial charge in [0.2, 0.25) is 0 Å². The van der Waals surface area contributed by atoms with Crippen LogP contribution in [0, 0.1) is 0 Å². The van der Waals surface area contributed by atoms with Crippen molar-refractivity contribution in [2.75, 3.05) is 4.90 Å². The van der Waals surface area contributed by atoms with Gasteiger partial charge in [-0.2, -0.15) is 0 Å². The number of ether oxygens (including phenoxy) is 1. The molecule has 1 heterocycles. The average Bonchev–Trinajstić information content (AvgIpc) is 2.58. The predicted octanol–water partition coefficient (Wildman–Crippen LogP) is 3.79. The number of benzene rings is 1. The zero-order valence-electron chi connectivity index (χ0n) is 13.3. The van der Waals surface area contributed by atoms with Crippen LogP contribution in [-0.2, 0) is 23.1 Å². The summed E-state index contributed by atoms with van der Waals surface area (Å²) in [6, 6.07) is 3.86. The molecule has 1 aromatic rings. The summed E-state index contributed by atoms with van der Waals surface area (Å²) in [6.45, 7) is 3.94. The molecule has 2 rings (SSSR count). The maximum absolute atomic E-state index is 14.1. The number of carbonyl (C=O) groups is 2. The van der Waals surface area contributed by atoms with E-state index in [1.807, 2.05) is 0 Å². The molecule has 0 radical (unpaired) electrons. The molecule has 1 unspecified atom stereocenters. The molecule has 0 aliphatic carbocycles. The zero-order valence-corrected chi connectivity index (χ0v) is 16.6. The van der Waals surface area contributed by atoms with Crippen LogP contribution >= 0.6 is 19.4 Å². The topological polar surface area (TPSA) is 46.6 Å². The number of imide groups is 1. The number of nitrogens with zero attached hydrogens (tertiary/aromatic N) is 1. The van der Waals surface area contributed by atoms with E-state index in [0.717, 1.165) is 0 Å². The van der Waals surface area contributed by atoms with Gasteiger partial charge in [-0.25, -0.2) is 0 Å². The fourth-order valence-corrected chi connectivity index (χ4v) is 4.00. The monoisotopic (exact) mass is 485 g/mol. The summed E-state index contributed by atoms with van der Waals surface area (Å²) in [4.78, 5) is 24.0. The standard InChI is InChI=1S/C15H14F3NO3.2ClH.Ru/c1-8(2)22-11-6-5-10(7-9(11)3)19-12(20)14(4,16)15(17,18)13(19)21;;;/h3,5-8H,1-2,4H3;2*1H;/q;;;+2/p-2. The van der Waals surface area contributed by atoms with E-state index < -0.39 is 36.9 Å². The number of alkyl halides is 3. The van der Waals surface area contributed by atoms with E-state index in [1.54, 1.807) is 13.8 Å². The summed E-state index contributed by atoms with van der Waals surface area (Å²) < 4.78 is 48.8. The van der Waals surface area contributed by atoms with Crippen LogP contribution in [0.25, 0.3) is 0 Å². The Labute approximate surface area is 155 Å². The zero-order chi connectivity index (χ0) is 19.2. The Morgan fingerprint density at radius 1 is 1.20 bits per heavy atom. The Morgan fingerprint density at radius 2 is 1.80 bits per heavy atom. The molecule has 1 saturated heterocycles. The van der Waals surface area contributed by atoms with E-state index in [1.165, 1.54) is 22.8 Å². The minimum atomic E-state index is -4.45. The van der Waals surface area contributed by atoms with Crippen molar-refractivity contribution in [2.24, 2.45) is 0 Å². The molecule has 2 amide bonds. The van der Waals surface area contributed by atoms with E-state index in [4.69, 9.17) is 24.1 Å². The Bertz CT molecular complexity index is 738. The molecule has 25 heavy (non-hydrogen) atoms. The van der Waals surface area contributed by atoms with Crippen molar-refractivity contribution in [3.05, 3.63) is 23.8 Å². The summed E-state index contributed by atoms with van der Waals surface area (Å²) >= 11 is -2.32. The molecule has 0 spiro atoms. The van der Waals surface area contributed by atoms with Gasteiger partial charge in [0.25, 0.3) is 0 Å². The first-order chi connectivity index (χ1) is 11.4. The fraction of sp³-hybridized carbons (Fsp3) is 0.400. The first-order valence-corrected chi connectivity index (χ1v) is 12.5. The van der Waals surface area contributed by atoms with E-state index in [2.05, 4.69) is 0 Å². The molecule has 1 fully saturated rings. The van der Waals surface area contributed by atoms with Crippen molar-refractivity contribution in [3.63, 3.8) is 0 Å². The minimum absolute atomic E-state index is 0.135. The van der Waals surface area contributed by atoms with Gasteiger partial charge in [0.1, 0.15) is 0 Å². The van der Waals surface area contributed by atoms with Crippen molar-refractivity contribution < 1.29 is 41.0 Å². The number of hydrogen-bond acceptors (Lipinski definition) is 3. The van der Waals surface area contributed by atoms with Gasteiger partial charge >= 0.3 is 155 Å². The predicted molar refractivity (Wildman–Crippen MR) is 86.0 cm³/mol. The molecule has 0 bridgehead atoms. The molecule has 0 N–H and O–H groups in total. The molecular weight excluding hydrogens is 471 g/mol. The molecule has 1 aromatic carbocycles. The second-order valence-electron chi connectivity index (χ2n) is 5.72. The van der Waals surface area contributed by atoms with Crippen LogP contribution in [0.2, 0.25) is 0 Å². The molecule has 4 nitrogen and oxygen atoms in total. The molecule has 1 aliphatic heterocycles. The van der Waals surface area contributed by atoms with Crippen LogP contribution in [0.3, 0.4) is 0 Å². The molecule has 0 saturated carbocycles. The normalized spacial score (nSPS) is 23.2. The van der Waals surface area contributed by atoms with Crippen LogP contribution in [0.5, 0.6) is 5.75 Å². The third kappa shape index (κ3) is 3.62. The maximum atomic E-state index is 14.1. The summed E-state index contributed by atoms with van der Waals surface area (Å²) in [5.41, 5.74) is -3.48. The van der Waals surface area contributed by atoms with Crippen molar-refractivity contribution in [1.29, 1.82) is 0 Å². The summed E-state index contributed by atoms with van der Waals surface area (Å²) in [6.07, 6.45) is -0.196. The van der Waals surface area contributed by atoms with Crippen molar-refractivity contribution >= 4 is 41.5 Å². The van der Waals surface area contributed by atoms with Gasteiger partial charge in [-0.3, -0.25) is 0 Å². The quantitative estimate of drug-likeness (QED) is 0.482. The van der Waals surface area contributed by atoms with E-state index in [0.29, 0.717) is 18.2 Å². The van der Waals surface area contributed by atoms with Gasteiger partial charge in [-0.05, 0) is 0 Å². The SMILES string of the molecule is CC(C)Oc1ccc(N2C(=O)C(C)(F)C(F)(F)C2=O)cc1[CH]=[Ru]([Cl])[Cl]. The number of anilines is 1. The first kappa shape index (κ1) is 20.3. The van der Waals surface area contributed by atoms with Crippen LogP contribution in [0.15, 0.2) is 18.2 Å². The number of rotatable bonds is 4. The second kappa shape index (κ2) is 6.97. The van der Waals surface area contributed by atoms with Gasteiger partial charge in [-0.15, -0.1) is 0 Å². The van der Waals surface area contributed by atoms with Crippen LogP contribution in [0.1, 0.15) is 26.3 Å². The summed E-state index contributed by atoms with van der Waals surface area (Å²) in [5.74, 6) is -7.64. The molecule has 1 atom stereocenters. The van der Waals surface area contributed by atoms with E-state index in [9.17, 15) is 22.8 Å². The van der Waals surface area contributed by atoms with Crippen LogP contribution in [0.4, 0.5) is 18.9 Å². The Balaban J connectivity index is 2.56. The van der Waals surface area contributed by atoms with Crippen LogP contribution < -0.4 is 9.64 Å². The molecule has 1 aliphatic rings. The van der Waals surface area contributed by atoms with Crippen molar-refractivity contribution in [1.82, 2.24) is 0 Å². The summed E-state index contributed by atoms with van der Waals surface area (Å²) in [5, 5.41) is 0. The van der Waals surface area contributed by atoms with Crippen molar-refractivity contribution in [3.8, 4) is 5.75 Å². The van der Waals surface area contributed by atoms with Gasteiger partial charge in [0.15, 0.2) is 0 Å². The third-order valence-electron chi connectivity index (χ3n) is 3.47. The number of hydrogen-bond donors (Lipinski definition) is 0. The first-order valence-electron chi connectivity index (χ1n) is 6.99. The Hall–Kier alpha value is -0.977. The van der Waals surface area contributed by atoms with E-state index in [-0.39, 0.29) is 16.7 Å². The van der Waals surface area contributed by atoms with E-state index >= 15 is 0 Å². The van der Waals surface area contributed by atoms with Gasteiger partial charge in [0, 0.05) is 0 Å². The Morgan fingerprint density at radius 3 is 2.24 bits per heavy atom.